The van der Waals surface area contributed by atoms with Crippen molar-refractivity contribution < 1.29 is 4.42 Å². The summed E-state index contributed by atoms with van der Waals surface area (Å²) in [5.41, 5.74) is 10.6. The lowest BCUT2D eigenvalue weighted by atomic mass is 9.90. The van der Waals surface area contributed by atoms with Crippen LogP contribution >= 0.6 is 0 Å². The molecule has 0 bridgehead atoms. The van der Waals surface area contributed by atoms with Gasteiger partial charge in [0.25, 0.3) is 0 Å². The summed E-state index contributed by atoms with van der Waals surface area (Å²) in [6.07, 6.45) is 1.96. The Labute approximate surface area is 253 Å². The molecular formula is C37H39N5O. The van der Waals surface area contributed by atoms with Gasteiger partial charge in [0.15, 0.2) is 5.82 Å². The SMILES string of the molecule is Cc1ccc2c(n1)oc1c(-c3cc(-c4c(C)cc(-c5nc(C(C)(C)C)nc(C(C)(C)C)n5)cc4C)c(C)cn3)cccc12. The molecule has 6 nitrogen and oxygen atoms in total. The highest BCUT2D eigenvalue weighted by molar-refractivity contribution is 6.08. The van der Waals surface area contributed by atoms with Gasteiger partial charge in [-0.1, -0.05) is 53.7 Å². The van der Waals surface area contributed by atoms with E-state index < -0.39 is 0 Å². The Morgan fingerprint density at radius 1 is 0.628 bits per heavy atom. The van der Waals surface area contributed by atoms with Crippen LogP contribution in [0.1, 0.15) is 75.6 Å². The zero-order chi connectivity index (χ0) is 30.8. The fourth-order valence-electron chi connectivity index (χ4n) is 5.61. The van der Waals surface area contributed by atoms with E-state index >= 15 is 0 Å². The van der Waals surface area contributed by atoms with Crippen LogP contribution in [-0.4, -0.2) is 24.9 Å². The number of hydrogen-bond acceptors (Lipinski definition) is 6. The van der Waals surface area contributed by atoms with Crippen LogP contribution in [0.25, 0.3) is 55.8 Å². The summed E-state index contributed by atoms with van der Waals surface area (Å²) < 4.78 is 6.30. The lowest BCUT2D eigenvalue weighted by molar-refractivity contribution is 0.497. The monoisotopic (exact) mass is 569 g/mol. The molecule has 4 aromatic heterocycles. The first-order valence-electron chi connectivity index (χ1n) is 14.9. The van der Waals surface area contributed by atoms with Gasteiger partial charge in [0.2, 0.25) is 5.71 Å². The standard InChI is InChI=1S/C37H39N5O/c1-20-16-24(32-40-34(36(5,6)7)42-35(41-32)37(8,9)10)17-21(2)30(20)28-18-29(38-19-22(28)3)27-13-11-12-25-26-15-14-23(4)39-33(26)43-31(25)27/h11-19H,1-10H3. The van der Waals surface area contributed by atoms with E-state index in [1.54, 1.807) is 0 Å². The van der Waals surface area contributed by atoms with Gasteiger partial charge in [0, 0.05) is 44.6 Å². The van der Waals surface area contributed by atoms with E-state index in [0.29, 0.717) is 5.71 Å². The van der Waals surface area contributed by atoms with E-state index in [1.165, 1.54) is 5.56 Å². The summed E-state index contributed by atoms with van der Waals surface area (Å²) in [6.45, 7) is 21.3. The van der Waals surface area contributed by atoms with Crippen LogP contribution in [0.5, 0.6) is 0 Å². The molecule has 0 spiro atoms. The highest BCUT2D eigenvalue weighted by atomic mass is 16.3. The van der Waals surface area contributed by atoms with Crippen molar-refractivity contribution >= 4 is 22.1 Å². The number of aromatic nitrogens is 5. The Kier molecular flexibility index (Phi) is 6.72. The Balaban J connectivity index is 1.48. The molecule has 0 saturated heterocycles. The predicted octanol–water partition coefficient (Wildman–Crippen LogP) is 9.39. The van der Waals surface area contributed by atoms with E-state index in [9.17, 15) is 0 Å². The second-order valence-corrected chi connectivity index (χ2v) is 13.8. The first kappa shape index (κ1) is 28.7. The quantitative estimate of drug-likeness (QED) is 0.211. The molecule has 2 aromatic carbocycles. The molecule has 0 aliphatic heterocycles. The first-order chi connectivity index (χ1) is 20.2. The van der Waals surface area contributed by atoms with Crippen molar-refractivity contribution in [2.24, 2.45) is 0 Å². The maximum Gasteiger partial charge on any atom is 0.227 e. The van der Waals surface area contributed by atoms with Crippen molar-refractivity contribution in [1.82, 2.24) is 24.9 Å². The molecule has 0 atom stereocenters. The third-order valence-electron chi connectivity index (χ3n) is 7.92. The topological polar surface area (TPSA) is 77.6 Å². The molecule has 0 unspecified atom stereocenters. The lowest BCUT2D eigenvalue weighted by Gasteiger charge is -2.23. The van der Waals surface area contributed by atoms with Gasteiger partial charge in [-0.15, -0.1) is 0 Å². The molecule has 0 N–H and O–H groups in total. The number of para-hydroxylation sites is 1. The Morgan fingerprint density at radius 3 is 1.91 bits per heavy atom. The van der Waals surface area contributed by atoms with Crippen molar-refractivity contribution in [1.29, 1.82) is 0 Å². The van der Waals surface area contributed by atoms with Crippen molar-refractivity contribution in [2.75, 3.05) is 0 Å². The summed E-state index contributed by atoms with van der Waals surface area (Å²) in [5.74, 6) is 2.33. The minimum atomic E-state index is -0.191. The largest absolute Gasteiger partial charge is 0.437 e. The molecule has 0 aliphatic carbocycles. The van der Waals surface area contributed by atoms with Gasteiger partial charge < -0.3 is 4.42 Å². The summed E-state index contributed by atoms with van der Waals surface area (Å²) in [5, 5.41) is 2.06. The summed E-state index contributed by atoms with van der Waals surface area (Å²) in [4.78, 5) is 24.2. The third-order valence-corrected chi connectivity index (χ3v) is 7.92. The van der Waals surface area contributed by atoms with Crippen molar-refractivity contribution in [3.05, 3.63) is 88.8 Å². The fourth-order valence-corrected chi connectivity index (χ4v) is 5.61. The molecule has 6 heteroatoms. The number of pyridine rings is 2. The van der Waals surface area contributed by atoms with Crippen LogP contribution in [0.2, 0.25) is 0 Å². The molecule has 6 aromatic rings. The average molecular weight is 570 g/mol. The second kappa shape index (κ2) is 10.1. The van der Waals surface area contributed by atoms with Gasteiger partial charge in [-0.05, 0) is 91.9 Å². The normalized spacial score (nSPS) is 12.4. The predicted molar refractivity (Wildman–Crippen MR) is 175 cm³/mol. The van der Waals surface area contributed by atoms with E-state index in [1.807, 2.05) is 19.2 Å². The number of rotatable bonds is 3. The minimum Gasteiger partial charge on any atom is -0.437 e. The highest BCUT2D eigenvalue weighted by Gasteiger charge is 2.26. The molecular weight excluding hydrogens is 530 g/mol. The first-order valence-corrected chi connectivity index (χ1v) is 14.9. The van der Waals surface area contributed by atoms with E-state index in [-0.39, 0.29) is 10.8 Å². The number of nitrogens with zero attached hydrogens (tertiary/aromatic N) is 5. The summed E-state index contributed by atoms with van der Waals surface area (Å²) in [6, 6.07) is 16.9. The molecule has 0 aliphatic rings. The molecule has 218 valence electrons. The third kappa shape index (κ3) is 5.20. The lowest BCUT2D eigenvalue weighted by Crippen LogP contribution is -2.24. The zero-order valence-corrected chi connectivity index (χ0v) is 26.8. The van der Waals surface area contributed by atoms with Crippen LogP contribution in [0.15, 0.2) is 59.1 Å². The molecule has 43 heavy (non-hydrogen) atoms. The van der Waals surface area contributed by atoms with Crippen molar-refractivity contribution in [3.63, 3.8) is 0 Å². The smallest absolute Gasteiger partial charge is 0.227 e. The van der Waals surface area contributed by atoms with Gasteiger partial charge in [-0.25, -0.2) is 19.9 Å². The van der Waals surface area contributed by atoms with E-state index in [2.05, 4.69) is 110 Å². The Bertz CT molecular complexity index is 1980. The minimum absolute atomic E-state index is 0.191. The second-order valence-electron chi connectivity index (χ2n) is 13.8. The summed E-state index contributed by atoms with van der Waals surface area (Å²) in [7, 11) is 0. The number of hydrogen-bond donors (Lipinski definition) is 0. The maximum absolute atomic E-state index is 6.30. The van der Waals surface area contributed by atoms with Crippen LogP contribution in [0.3, 0.4) is 0 Å². The Morgan fingerprint density at radius 2 is 1.28 bits per heavy atom. The van der Waals surface area contributed by atoms with Gasteiger partial charge in [0.05, 0.1) is 5.69 Å². The number of fused-ring (bicyclic) bond motifs is 3. The number of furan rings is 1. The number of aryl methyl sites for hydroxylation is 4. The molecule has 0 fully saturated rings. The molecule has 0 amide bonds. The maximum atomic E-state index is 6.30. The van der Waals surface area contributed by atoms with Gasteiger partial charge in [-0.2, -0.15) is 0 Å². The Hall–Kier alpha value is -4.45. The van der Waals surface area contributed by atoms with Crippen LogP contribution in [0, 0.1) is 27.7 Å². The van der Waals surface area contributed by atoms with Gasteiger partial charge in [-0.3, -0.25) is 4.98 Å². The van der Waals surface area contributed by atoms with Crippen molar-refractivity contribution in [3.8, 4) is 33.8 Å². The summed E-state index contributed by atoms with van der Waals surface area (Å²) >= 11 is 0. The highest BCUT2D eigenvalue weighted by Crippen LogP contribution is 2.39. The van der Waals surface area contributed by atoms with Crippen molar-refractivity contribution in [2.45, 2.75) is 80.1 Å². The molecule has 0 radical (unpaired) electrons. The van der Waals surface area contributed by atoms with Crippen LogP contribution in [0.4, 0.5) is 0 Å². The van der Waals surface area contributed by atoms with E-state index in [0.717, 1.165) is 78.6 Å². The zero-order valence-electron chi connectivity index (χ0n) is 26.8. The molecule has 0 saturated carbocycles. The van der Waals surface area contributed by atoms with Crippen LogP contribution < -0.4 is 0 Å². The van der Waals surface area contributed by atoms with Gasteiger partial charge >= 0.3 is 0 Å². The van der Waals surface area contributed by atoms with Gasteiger partial charge in [0.1, 0.15) is 17.2 Å². The molecule has 6 rings (SSSR count). The number of benzene rings is 2. The fraction of sp³-hybridized carbons (Fsp3) is 0.324. The average Bonchev–Trinajstić information content (AvgIpc) is 3.30. The van der Waals surface area contributed by atoms with Crippen LogP contribution in [-0.2, 0) is 10.8 Å². The van der Waals surface area contributed by atoms with E-state index in [4.69, 9.17) is 24.4 Å². The molecule has 4 heterocycles.